The average Bonchev–Trinajstić information content (AvgIpc) is 1.65. The van der Waals surface area contributed by atoms with Crippen molar-refractivity contribution >= 4 is 156 Å². The van der Waals surface area contributed by atoms with Gasteiger partial charge in [-0.25, -0.2) is 44.9 Å². The smallest absolute Gasteiger partial charge is 0.271 e. The molecule has 16 rings (SSSR count). The van der Waals surface area contributed by atoms with Crippen LogP contribution < -0.4 is 26.6 Å². The van der Waals surface area contributed by atoms with Gasteiger partial charge < -0.3 is 14.3 Å². The Kier molecular flexibility index (Phi) is 27.6. The van der Waals surface area contributed by atoms with Crippen molar-refractivity contribution in [2.24, 2.45) is 21.7 Å². The fourth-order valence-corrected chi connectivity index (χ4v) is 15.2. The molecule has 0 radical (unpaired) electrons. The van der Waals surface area contributed by atoms with Gasteiger partial charge in [-0.3, -0.25) is 73.4 Å². The molecule has 6 saturated carbocycles. The summed E-state index contributed by atoms with van der Waals surface area (Å²) in [6, 6.07) is 16.1. The van der Waals surface area contributed by atoms with Crippen molar-refractivity contribution in [3.8, 4) is 0 Å². The molecule has 620 valence electrons. The summed E-state index contributed by atoms with van der Waals surface area (Å²) in [6.07, 6.45) is 28.3. The van der Waals surface area contributed by atoms with Crippen molar-refractivity contribution in [2.45, 2.75) is 273 Å². The summed E-state index contributed by atoms with van der Waals surface area (Å²) < 4.78 is 21.2. The first-order valence-corrected chi connectivity index (χ1v) is 42.1. The molecule has 0 spiro atoms. The number of hydrogen-bond acceptors (Lipinski definition) is 17. The first-order valence-electron chi connectivity index (χ1n) is 41.0. The molecular weight excluding hydrogens is 1530 g/mol. The molecule has 6 fully saturated rings. The molecule has 116 heavy (non-hydrogen) atoms. The number of hydrogen-bond donors (Lipinski definition) is 5. The quantitative estimate of drug-likeness (QED) is 0.0350. The third-order valence-corrected chi connectivity index (χ3v) is 22.3. The van der Waals surface area contributed by atoms with E-state index in [2.05, 4.69) is 111 Å². The topological polar surface area (TPSA) is 322 Å². The van der Waals surface area contributed by atoms with Crippen molar-refractivity contribution < 1.29 is 33.4 Å². The van der Waals surface area contributed by atoms with Gasteiger partial charge >= 0.3 is 0 Å². The first-order chi connectivity index (χ1) is 55.2. The number of halogens is 3. The van der Waals surface area contributed by atoms with Crippen LogP contribution in [0, 0.1) is 35.2 Å². The fraction of sp³-hybridized carbons (Fsp3) is 0.576. The maximum Gasteiger partial charge on any atom is 0.271 e. The number of aromatic nitrogens is 15. The number of carbonyl (C=O) groups is 5. The molecule has 31 heteroatoms. The number of nitrogens with zero attached hydrogens (tertiary/aromatic N) is 16. The highest BCUT2D eigenvalue weighted by atomic mass is 35.5. The molecule has 10 heterocycles. The number of nitrogens with one attached hydrogen (secondary N) is 5. The summed E-state index contributed by atoms with van der Waals surface area (Å²) >= 11 is 18.1. The second kappa shape index (κ2) is 37.1. The zero-order valence-corrected chi connectivity index (χ0v) is 71.5. The lowest BCUT2D eigenvalue weighted by atomic mass is 9.92. The minimum atomic E-state index is -0.637. The molecule has 0 unspecified atom stereocenters. The molecule has 10 aromatic heterocycles. The average molecular weight is 1650 g/mol. The molecule has 10 aromatic rings. The van der Waals surface area contributed by atoms with Crippen LogP contribution >= 0.6 is 34.8 Å². The summed E-state index contributed by atoms with van der Waals surface area (Å²) in [4.78, 5) is 110. The zero-order valence-electron chi connectivity index (χ0n) is 69.3. The van der Waals surface area contributed by atoms with Crippen molar-refractivity contribution in [2.75, 3.05) is 46.9 Å². The highest BCUT2D eigenvalue weighted by molar-refractivity contribution is 6.31. The van der Waals surface area contributed by atoms with Crippen LogP contribution in [-0.4, -0.2) is 129 Å². The molecule has 6 aliphatic carbocycles. The fourth-order valence-electron chi connectivity index (χ4n) is 14.7. The molecule has 0 aliphatic heterocycles. The van der Waals surface area contributed by atoms with Crippen molar-refractivity contribution in [1.82, 2.24) is 72.7 Å². The van der Waals surface area contributed by atoms with E-state index in [9.17, 15) is 24.0 Å². The number of pyridine rings is 5. The van der Waals surface area contributed by atoms with Crippen LogP contribution in [0.4, 0.5) is 35.6 Å². The molecule has 0 aromatic carbocycles. The Morgan fingerprint density at radius 1 is 0.440 bits per heavy atom. The molecule has 0 saturated heterocycles. The van der Waals surface area contributed by atoms with Gasteiger partial charge in [0.1, 0.15) is 37.9 Å². The number of amides is 5. The number of fused-ring (bicyclic) bond motifs is 5. The maximum atomic E-state index is 12.6. The molecular formula is C85H112Cl3N21O7. The van der Waals surface area contributed by atoms with Crippen LogP contribution in [-0.2, 0) is 33.4 Å². The maximum absolute atomic E-state index is 12.6. The Morgan fingerprint density at radius 3 is 1.19 bits per heavy atom. The number of aryl methyl sites for hydroxylation is 1. The lowest BCUT2D eigenvalue weighted by Gasteiger charge is -2.29. The van der Waals surface area contributed by atoms with Gasteiger partial charge in [0.15, 0.2) is 22.6 Å². The van der Waals surface area contributed by atoms with E-state index in [1.165, 1.54) is 51.4 Å². The van der Waals surface area contributed by atoms with E-state index in [0.29, 0.717) is 132 Å². The van der Waals surface area contributed by atoms with Gasteiger partial charge in [-0.15, -0.1) is 0 Å². The van der Waals surface area contributed by atoms with Crippen LogP contribution in [0.15, 0.2) is 60.9 Å². The summed E-state index contributed by atoms with van der Waals surface area (Å²) in [7, 11) is 1.59. The van der Waals surface area contributed by atoms with E-state index in [1.54, 1.807) is 43.6 Å². The number of carbonyl (C=O) groups excluding carboxylic acids is 5. The number of anilines is 5. The molecule has 28 nitrogen and oxygen atoms in total. The third kappa shape index (κ3) is 21.9. The Labute approximate surface area is 693 Å². The van der Waals surface area contributed by atoms with Crippen LogP contribution in [0.5, 0.6) is 0 Å². The highest BCUT2D eigenvalue weighted by Crippen LogP contribution is 2.43. The van der Waals surface area contributed by atoms with E-state index in [0.717, 1.165) is 133 Å². The van der Waals surface area contributed by atoms with Crippen molar-refractivity contribution in [3.63, 3.8) is 0 Å². The summed E-state index contributed by atoms with van der Waals surface area (Å²) in [5, 5.41) is 16.2. The van der Waals surface area contributed by atoms with Gasteiger partial charge in [0.05, 0.1) is 36.2 Å². The van der Waals surface area contributed by atoms with Crippen LogP contribution in [0.1, 0.15) is 266 Å². The molecule has 5 N–H and O–H groups in total. The predicted molar refractivity (Wildman–Crippen MR) is 457 cm³/mol. The predicted octanol–water partition coefficient (Wildman–Crippen LogP) is 20.0. The SMILES string of the molecule is CC(C)(C)CC(=O)Nc1nc2cc(Cl)cnc2n1C1CCC1.COCC(C)(C)C(=O)Nc1nc2ccc(Cl)nc2n1C1CCC1.Cc1cnc2c(c1)nc(NC(=O)CC(C)(C)C)n2C1CCC1.O=C(CCOC1CCCCC1)Nc1nc2ccc(Cl)nc2n1C1CCC1.[C-]#[N+]c1ccc2nc(NC(=O)CC(C)(C)C)n(C3CCC3)c2n1. The normalized spacial score (nSPS) is 16.3. The minimum Gasteiger partial charge on any atom is -0.384 e. The summed E-state index contributed by atoms with van der Waals surface area (Å²) in [5.74, 6) is 3.00. The monoisotopic (exact) mass is 1640 g/mol. The number of rotatable bonds is 20. The van der Waals surface area contributed by atoms with Crippen molar-refractivity contribution in [3.05, 3.63) is 93.2 Å². The van der Waals surface area contributed by atoms with Gasteiger partial charge in [-0.2, -0.15) is 0 Å². The van der Waals surface area contributed by atoms with Crippen LogP contribution in [0.25, 0.3) is 60.7 Å². The summed E-state index contributed by atoms with van der Waals surface area (Å²) in [6.45, 7) is 32.1. The molecule has 0 atom stereocenters. The number of imidazole rings is 5. The Hall–Kier alpha value is -9.27. The van der Waals surface area contributed by atoms with E-state index in [1.807, 2.05) is 100 Å². The standard InChI is InChI=1S/C19H25ClN4O2.C17H21N5O.C17H24N4O.C16H21ClN4O2.C16H21ClN4O/c20-16-10-9-15-18(22-16)24(13-5-4-6-13)19(21-15)23-17(25)11-12-26-14-7-2-1-3-8-14;1-17(2,3)10-14(23)21-16-19-12-8-9-13(18-4)20-15(12)22(16)11-6-5-7-11;1-11-8-13-15(18-10-11)21(12-6-5-7-12)16(19-13)20-14(22)9-17(2,3)4;1-16(2,9-23-3)14(22)20-15-18-11-7-8-12(17)19-13(11)21(15)10-5-4-6-10;1-16(2,3)8-13(22)20-15-19-12-7-10(17)9-18-14(12)21(15)11-5-4-6-11/h9-10,13-14H,1-8,11-12H2,(H,21,23,25);8-9,11H,5-7,10H2,1-3H3,(H,19,21,23);8,10,12H,5-7,9H2,1-4H3,(H,19,20,22);7-8,10H,4-6,9H2,1-3H3,(H,18,20,22);7,9,11H,4-6,8H2,1-3H3,(H,19,20,22). The minimum absolute atomic E-state index is 0.0140. The molecule has 0 bridgehead atoms. The van der Waals surface area contributed by atoms with E-state index in [4.69, 9.17) is 50.8 Å². The first kappa shape index (κ1) is 86.1. The summed E-state index contributed by atoms with van der Waals surface area (Å²) in [5.41, 5.74) is 7.91. The zero-order chi connectivity index (χ0) is 83.0. The highest BCUT2D eigenvalue weighted by Gasteiger charge is 2.35. The Bertz CT molecular complexity index is 5100. The van der Waals surface area contributed by atoms with Crippen LogP contribution in [0.2, 0.25) is 15.3 Å². The van der Waals surface area contributed by atoms with Crippen LogP contribution in [0.3, 0.4) is 0 Å². The Morgan fingerprint density at radius 2 is 0.802 bits per heavy atom. The van der Waals surface area contributed by atoms with Gasteiger partial charge in [0.2, 0.25) is 59.3 Å². The molecule has 6 aliphatic rings. The van der Waals surface area contributed by atoms with E-state index < -0.39 is 5.41 Å². The second-order valence-corrected chi connectivity index (χ2v) is 37.1. The van der Waals surface area contributed by atoms with Gasteiger partial charge in [-0.05, 0) is 200 Å². The van der Waals surface area contributed by atoms with Gasteiger partial charge in [0.25, 0.3) is 11.5 Å². The molecule has 5 amide bonds. The largest absolute Gasteiger partial charge is 0.384 e. The van der Waals surface area contributed by atoms with Gasteiger partial charge in [-0.1, -0.05) is 128 Å². The number of methoxy groups -OCH3 is 1. The lowest BCUT2D eigenvalue weighted by Crippen LogP contribution is -2.36. The number of ether oxygens (including phenoxy) is 2. The van der Waals surface area contributed by atoms with Gasteiger partial charge in [0, 0.05) is 69.0 Å². The lowest BCUT2D eigenvalue weighted by molar-refractivity contribution is -0.126. The second-order valence-electron chi connectivity index (χ2n) is 35.9. The third-order valence-electron chi connectivity index (χ3n) is 21.7. The van der Waals surface area contributed by atoms with E-state index in [-0.39, 0.29) is 45.8 Å². The van der Waals surface area contributed by atoms with Crippen molar-refractivity contribution in [1.29, 1.82) is 0 Å². The Balaban J connectivity index is 0.000000134. The van der Waals surface area contributed by atoms with E-state index >= 15 is 0 Å².